The van der Waals surface area contributed by atoms with Gasteiger partial charge in [-0.2, -0.15) is 5.26 Å². The topological polar surface area (TPSA) is 49.6 Å². The highest BCUT2D eigenvalue weighted by Gasteiger charge is 2.04. The normalized spacial score (nSPS) is 9.75. The Hall–Kier alpha value is -1.92. The van der Waals surface area contributed by atoms with E-state index >= 15 is 0 Å². The summed E-state index contributed by atoms with van der Waals surface area (Å²) in [4.78, 5) is 8.19. The number of pyridine rings is 2. The molecule has 0 aliphatic heterocycles. The zero-order valence-electron chi connectivity index (χ0n) is 8.39. The highest BCUT2D eigenvalue weighted by molar-refractivity contribution is 6.30. The van der Waals surface area contributed by atoms with Crippen LogP contribution >= 0.6 is 11.6 Å². The molecule has 0 N–H and O–H groups in total. The molecule has 0 unspecified atom stereocenters. The quantitative estimate of drug-likeness (QED) is 0.744. The minimum atomic E-state index is 0.280. The number of nitriles is 1. The fraction of sp³-hybridized carbons (Fsp3) is 0.0833. The fourth-order valence-corrected chi connectivity index (χ4v) is 1.58. The van der Waals surface area contributed by atoms with Crippen molar-refractivity contribution < 1.29 is 0 Å². The summed E-state index contributed by atoms with van der Waals surface area (Å²) in [5, 5.41) is 8.97. The van der Waals surface area contributed by atoms with E-state index in [1.165, 1.54) is 0 Å². The third-order valence-corrected chi connectivity index (χ3v) is 2.50. The van der Waals surface area contributed by atoms with E-state index in [0.717, 1.165) is 16.8 Å². The first-order valence-electron chi connectivity index (χ1n) is 4.74. The summed E-state index contributed by atoms with van der Waals surface area (Å²) in [7, 11) is 0. The molecule has 0 spiro atoms. The summed E-state index contributed by atoms with van der Waals surface area (Å²) < 4.78 is 0. The van der Waals surface area contributed by atoms with Gasteiger partial charge < -0.3 is 0 Å². The largest absolute Gasteiger partial charge is 0.265 e. The average Bonchev–Trinajstić information content (AvgIpc) is 2.33. The third-order valence-electron chi connectivity index (χ3n) is 2.17. The first-order valence-corrected chi connectivity index (χ1v) is 5.12. The van der Waals surface area contributed by atoms with Gasteiger partial charge in [0.1, 0.15) is 5.15 Å². The first-order chi connectivity index (χ1) is 7.81. The van der Waals surface area contributed by atoms with Crippen LogP contribution in [-0.4, -0.2) is 9.97 Å². The number of hydrogen-bond donors (Lipinski definition) is 0. The van der Waals surface area contributed by atoms with Crippen LogP contribution in [0.5, 0.6) is 0 Å². The summed E-state index contributed by atoms with van der Waals surface area (Å²) in [5.41, 5.74) is 2.50. The minimum Gasteiger partial charge on any atom is -0.265 e. The molecule has 0 aromatic carbocycles. The van der Waals surface area contributed by atoms with Crippen LogP contribution in [-0.2, 0) is 6.42 Å². The fourth-order valence-electron chi connectivity index (χ4n) is 1.36. The van der Waals surface area contributed by atoms with Crippen LogP contribution in [0.2, 0.25) is 5.15 Å². The van der Waals surface area contributed by atoms with Crippen LogP contribution in [0.15, 0.2) is 36.7 Å². The molecule has 0 saturated heterocycles. The lowest BCUT2D eigenvalue weighted by Gasteiger charge is -2.03. The van der Waals surface area contributed by atoms with E-state index in [1.807, 2.05) is 30.3 Å². The lowest BCUT2D eigenvalue weighted by Crippen LogP contribution is -1.90. The van der Waals surface area contributed by atoms with Crippen LogP contribution in [0.3, 0.4) is 0 Å². The number of rotatable bonds is 2. The Labute approximate surface area is 98.4 Å². The monoisotopic (exact) mass is 229 g/mol. The van der Waals surface area contributed by atoms with Crippen molar-refractivity contribution in [1.82, 2.24) is 9.97 Å². The van der Waals surface area contributed by atoms with Crippen molar-refractivity contribution in [2.45, 2.75) is 6.42 Å². The second-order valence-electron chi connectivity index (χ2n) is 3.22. The highest BCUT2D eigenvalue weighted by Crippen LogP contribution is 2.21. The molecule has 3 nitrogen and oxygen atoms in total. The summed E-state index contributed by atoms with van der Waals surface area (Å²) >= 11 is 5.98. The Bertz CT molecular complexity index is 532. The molecule has 16 heavy (non-hydrogen) atoms. The van der Waals surface area contributed by atoms with E-state index in [2.05, 4.69) is 9.97 Å². The highest BCUT2D eigenvalue weighted by atomic mass is 35.5. The van der Waals surface area contributed by atoms with E-state index in [4.69, 9.17) is 16.9 Å². The zero-order valence-corrected chi connectivity index (χ0v) is 9.15. The number of hydrogen-bond acceptors (Lipinski definition) is 3. The molecule has 0 radical (unpaired) electrons. The molecule has 0 bridgehead atoms. The second-order valence-corrected chi connectivity index (χ2v) is 3.58. The molecule has 2 heterocycles. The molecule has 0 fully saturated rings. The van der Waals surface area contributed by atoms with E-state index in [0.29, 0.717) is 5.15 Å². The van der Waals surface area contributed by atoms with E-state index < -0.39 is 0 Å². The molecular weight excluding hydrogens is 222 g/mol. The van der Waals surface area contributed by atoms with Gasteiger partial charge in [0.25, 0.3) is 0 Å². The standard InChI is InChI=1S/C12H8ClN3/c13-12-10(3-6-14)1-2-11(16-12)9-4-7-15-8-5-9/h1-2,4-5,7-8H,3H2. The average molecular weight is 230 g/mol. The van der Waals surface area contributed by atoms with Gasteiger partial charge in [0.05, 0.1) is 18.2 Å². The maximum Gasteiger partial charge on any atom is 0.133 e. The predicted octanol–water partition coefficient (Wildman–Crippen LogP) is 2.86. The van der Waals surface area contributed by atoms with Crippen molar-refractivity contribution >= 4 is 11.6 Å². The van der Waals surface area contributed by atoms with Gasteiger partial charge in [0, 0.05) is 23.5 Å². The van der Waals surface area contributed by atoms with Crippen LogP contribution in [0.4, 0.5) is 0 Å². The smallest absolute Gasteiger partial charge is 0.133 e. The van der Waals surface area contributed by atoms with Crippen molar-refractivity contribution in [3.63, 3.8) is 0 Å². The molecule has 2 aromatic rings. The van der Waals surface area contributed by atoms with Gasteiger partial charge in [0.15, 0.2) is 0 Å². The SMILES string of the molecule is N#CCc1ccc(-c2ccncc2)nc1Cl. The molecule has 2 aromatic heterocycles. The summed E-state index contributed by atoms with van der Waals surface area (Å²) in [5.74, 6) is 0. The molecular formula is C12H8ClN3. The summed E-state index contributed by atoms with van der Waals surface area (Å²) in [6.45, 7) is 0. The second kappa shape index (κ2) is 4.73. The van der Waals surface area contributed by atoms with E-state index in [1.54, 1.807) is 12.4 Å². The Morgan fingerprint density at radius 2 is 1.94 bits per heavy atom. The molecule has 2 rings (SSSR count). The lowest BCUT2D eigenvalue weighted by atomic mass is 10.1. The van der Waals surface area contributed by atoms with Gasteiger partial charge in [-0.05, 0) is 18.2 Å². The molecule has 4 heteroatoms. The van der Waals surface area contributed by atoms with Crippen LogP contribution in [0.1, 0.15) is 5.56 Å². The molecule has 0 aliphatic rings. The van der Waals surface area contributed by atoms with Gasteiger partial charge >= 0.3 is 0 Å². The Morgan fingerprint density at radius 1 is 1.19 bits per heavy atom. The molecule has 0 saturated carbocycles. The molecule has 0 atom stereocenters. The molecule has 0 aliphatic carbocycles. The summed E-state index contributed by atoms with van der Waals surface area (Å²) in [6.07, 6.45) is 3.69. The molecule has 0 amide bonds. The first kappa shape index (κ1) is 10.6. The Kier molecular flexibility index (Phi) is 3.13. The van der Waals surface area contributed by atoms with Crippen molar-refractivity contribution in [2.75, 3.05) is 0 Å². The van der Waals surface area contributed by atoms with Gasteiger partial charge in [0.2, 0.25) is 0 Å². The maximum atomic E-state index is 8.59. The van der Waals surface area contributed by atoms with Crippen molar-refractivity contribution in [3.8, 4) is 17.3 Å². The molecule has 78 valence electrons. The predicted molar refractivity (Wildman–Crippen MR) is 61.8 cm³/mol. The van der Waals surface area contributed by atoms with Crippen LogP contribution < -0.4 is 0 Å². The van der Waals surface area contributed by atoms with E-state index in [9.17, 15) is 0 Å². The van der Waals surface area contributed by atoms with Crippen molar-refractivity contribution in [3.05, 3.63) is 47.4 Å². The van der Waals surface area contributed by atoms with Gasteiger partial charge in [-0.1, -0.05) is 17.7 Å². The maximum absolute atomic E-state index is 8.59. The van der Waals surface area contributed by atoms with Crippen molar-refractivity contribution in [2.24, 2.45) is 0 Å². The Balaban J connectivity index is 2.39. The van der Waals surface area contributed by atoms with Crippen LogP contribution in [0.25, 0.3) is 11.3 Å². The number of nitrogens with zero attached hydrogens (tertiary/aromatic N) is 3. The minimum absolute atomic E-state index is 0.280. The zero-order chi connectivity index (χ0) is 11.4. The lowest BCUT2D eigenvalue weighted by molar-refractivity contribution is 1.19. The Morgan fingerprint density at radius 3 is 2.56 bits per heavy atom. The van der Waals surface area contributed by atoms with E-state index in [-0.39, 0.29) is 6.42 Å². The number of halogens is 1. The van der Waals surface area contributed by atoms with Crippen molar-refractivity contribution in [1.29, 1.82) is 5.26 Å². The third kappa shape index (κ3) is 2.18. The van der Waals surface area contributed by atoms with Gasteiger partial charge in [-0.15, -0.1) is 0 Å². The summed E-state index contributed by atoms with van der Waals surface area (Å²) in [6, 6.07) is 9.46. The van der Waals surface area contributed by atoms with Crippen LogP contribution in [0, 0.1) is 11.3 Å². The number of aromatic nitrogens is 2. The van der Waals surface area contributed by atoms with Gasteiger partial charge in [-0.25, -0.2) is 4.98 Å². The van der Waals surface area contributed by atoms with Gasteiger partial charge in [-0.3, -0.25) is 4.98 Å².